The molecule has 17 heavy (non-hydrogen) atoms. The van der Waals surface area contributed by atoms with E-state index in [1.807, 2.05) is 6.92 Å². The molecule has 0 fully saturated rings. The average molecular weight is 297 g/mol. The Morgan fingerprint density at radius 2 is 2.12 bits per heavy atom. The Morgan fingerprint density at radius 1 is 1.35 bits per heavy atom. The summed E-state index contributed by atoms with van der Waals surface area (Å²) in [5, 5.41) is 0. The molecular weight excluding hydrogens is 287 g/mol. The molecule has 0 saturated carbocycles. The maximum Gasteiger partial charge on any atom is 0.242 e. The van der Waals surface area contributed by atoms with E-state index >= 15 is 0 Å². The van der Waals surface area contributed by atoms with Crippen molar-refractivity contribution in [2.75, 3.05) is 5.73 Å². The number of nitrogens with zero attached hydrogens (tertiary/aromatic N) is 1. The Kier molecular flexibility index (Phi) is 3.28. The van der Waals surface area contributed by atoms with Gasteiger partial charge in [0.05, 0.1) is 10.2 Å². The Hall–Kier alpha value is -1.62. The zero-order chi connectivity index (χ0) is 12.4. The van der Waals surface area contributed by atoms with Gasteiger partial charge in [0.25, 0.3) is 0 Å². The number of hydrogen-bond donors (Lipinski definition) is 1. The Bertz CT molecular complexity index is 560. The minimum absolute atomic E-state index is 0.284. The number of hydrogen-bond acceptors (Lipinski definition) is 3. The summed E-state index contributed by atoms with van der Waals surface area (Å²) in [5.74, 6) is 0.246. The third-order valence-corrected chi connectivity index (χ3v) is 2.92. The van der Waals surface area contributed by atoms with Crippen molar-refractivity contribution in [2.24, 2.45) is 0 Å². The molecule has 0 aliphatic rings. The van der Waals surface area contributed by atoms with Crippen molar-refractivity contribution in [3.63, 3.8) is 0 Å². The van der Waals surface area contributed by atoms with E-state index in [0.717, 1.165) is 5.56 Å². The highest BCUT2D eigenvalue weighted by Gasteiger charge is 2.07. The topological polar surface area (TPSA) is 48.1 Å². The van der Waals surface area contributed by atoms with E-state index in [9.17, 15) is 4.39 Å². The van der Waals surface area contributed by atoms with Crippen LogP contribution < -0.4 is 10.5 Å². The third-order valence-electron chi connectivity index (χ3n) is 2.28. The maximum absolute atomic E-state index is 13.3. The van der Waals surface area contributed by atoms with Crippen LogP contribution >= 0.6 is 15.9 Å². The summed E-state index contributed by atoms with van der Waals surface area (Å²) in [5.41, 5.74) is 7.13. The van der Waals surface area contributed by atoms with Gasteiger partial charge in [-0.25, -0.2) is 9.37 Å². The van der Waals surface area contributed by atoms with Gasteiger partial charge >= 0.3 is 0 Å². The molecule has 1 aromatic heterocycles. The van der Waals surface area contributed by atoms with Gasteiger partial charge < -0.3 is 10.5 Å². The van der Waals surface area contributed by atoms with E-state index < -0.39 is 5.82 Å². The highest BCUT2D eigenvalue weighted by atomic mass is 79.9. The van der Waals surface area contributed by atoms with Gasteiger partial charge in [-0.2, -0.15) is 0 Å². The lowest BCUT2D eigenvalue weighted by Gasteiger charge is -2.09. The molecule has 2 N–H and O–H groups in total. The molecular formula is C12H10BrFN2O. The molecule has 0 saturated heterocycles. The third kappa shape index (κ3) is 2.55. The van der Waals surface area contributed by atoms with Crippen LogP contribution in [0.2, 0.25) is 0 Å². The Labute approximate surface area is 107 Å². The van der Waals surface area contributed by atoms with Crippen LogP contribution in [0.3, 0.4) is 0 Å². The fourth-order valence-electron chi connectivity index (χ4n) is 1.28. The smallest absolute Gasteiger partial charge is 0.242 e. The molecule has 0 radical (unpaired) electrons. The molecule has 3 nitrogen and oxygen atoms in total. The summed E-state index contributed by atoms with van der Waals surface area (Å²) in [6.07, 6.45) is 1.59. The number of pyridine rings is 1. The number of halogens is 2. The van der Waals surface area contributed by atoms with E-state index in [-0.39, 0.29) is 5.88 Å². The van der Waals surface area contributed by atoms with E-state index in [1.54, 1.807) is 24.4 Å². The van der Waals surface area contributed by atoms with Crippen LogP contribution in [0.5, 0.6) is 11.6 Å². The van der Waals surface area contributed by atoms with Crippen LogP contribution in [0.4, 0.5) is 10.1 Å². The zero-order valence-corrected chi connectivity index (χ0v) is 10.7. The van der Waals surface area contributed by atoms with Crippen molar-refractivity contribution in [3.8, 4) is 11.6 Å². The Morgan fingerprint density at radius 3 is 2.82 bits per heavy atom. The lowest BCUT2D eigenvalue weighted by atomic mass is 10.2. The lowest BCUT2D eigenvalue weighted by Crippen LogP contribution is -1.97. The van der Waals surface area contributed by atoms with Gasteiger partial charge in [-0.05, 0) is 46.6 Å². The molecule has 0 aliphatic heterocycles. The van der Waals surface area contributed by atoms with E-state index in [2.05, 4.69) is 20.9 Å². The summed E-state index contributed by atoms with van der Waals surface area (Å²) in [4.78, 5) is 4.01. The highest BCUT2D eigenvalue weighted by Crippen LogP contribution is 2.29. The van der Waals surface area contributed by atoms with Crippen molar-refractivity contribution < 1.29 is 9.13 Å². The second-order valence-electron chi connectivity index (χ2n) is 3.52. The van der Waals surface area contributed by atoms with Crippen LogP contribution in [-0.2, 0) is 0 Å². The normalized spacial score (nSPS) is 10.3. The number of nitrogens with two attached hydrogens (primary N) is 1. The van der Waals surface area contributed by atoms with Gasteiger partial charge in [0.15, 0.2) is 0 Å². The number of aromatic nitrogens is 1. The average Bonchev–Trinajstić information content (AvgIpc) is 2.30. The van der Waals surface area contributed by atoms with Crippen molar-refractivity contribution in [2.45, 2.75) is 6.92 Å². The second-order valence-corrected chi connectivity index (χ2v) is 4.38. The number of aryl methyl sites for hydroxylation is 1. The van der Waals surface area contributed by atoms with Gasteiger partial charge in [0, 0.05) is 12.3 Å². The predicted molar refractivity (Wildman–Crippen MR) is 67.6 cm³/mol. The molecule has 0 aliphatic carbocycles. The first-order valence-corrected chi connectivity index (χ1v) is 5.71. The number of nitrogen functional groups attached to an aromatic ring is 1. The quantitative estimate of drug-likeness (QED) is 0.920. The van der Waals surface area contributed by atoms with Crippen LogP contribution in [0.15, 0.2) is 34.9 Å². The second kappa shape index (κ2) is 4.71. The fourth-order valence-corrected chi connectivity index (χ4v) is 1.52. The molecule has 0 amide bonds. The first-order valence-electron chi connectivity index (χ1n) is 4.92. The van der Waals surface area contributed by atoms with Crippen molar-refractivity contribution in [1.29, 1.82) is 0 Å². The van der Waals surface area contributed by atoms with Gasteiger partial charge in [0.1, 0.15) is 11.6 Å². The molecule has 88 valence electrons. The van der Waals surface area contributed by atoms with Crippen LogP contribution in [0.25, 0.3) is 0 Å². The molecule has 1 heterocycles. The number of rotatable bonds is 2. The van der Waals surface area contributed by atoms with Crippen LogP contribution in [0, 0.1) is 12.7 Å². The zero-order valence-electron chi connectivity index (χ0n) is 9.08. The number of ether oxygens (including phenoxy) is 1. The summed E-state index contributed by atoms with van der Waals surface area (Å²) in [7, 11) is 0. The minimum atomic E-state index is -0.395. The van der Waals surface area contributed by atoms with Crippen molar-refractivity contribution in [1.82, 2.24) is 4.98 Å². The van der Waals surface area contributed by atoms with E-state index in [0.29, 0.717) is 15.9 Å². The molecule has 0 spiro atoms. The largest absolute Gasteiger partial charge is 0.437 e. The van der Waals surface area contributed by atoms with Gasteiger partial charge in [-0.15, -0.1) is 0 Å². The fraction of sp³-hybridized carbons (Fsp3) is 0.0833. The monoisotopic (exact) mass is 296 g/mol. The summed E-state index contributed by atoms with van der Waals surface area (Å²) in [6, 6.07) is 6.26. The molecule has 0 atom stereocenters. The standard InChI is InChI=1S/C12H10BrFN2O/c1-7-4-5-16-12(11(7)15)17-8-2-3-9(13)10(14)6-8/h2-6H,15H2,1H3. The number of anilines is 1. The van der Waals surface area contributed by atoms with Crippen LogP contribution in [-0.4, -0.2) is 4.98 Å². The van der Waals surface area contributed by atoms with Gasteiger partial charge in [-0.3, -0.25) is 0 Å². The van der Waals surface area contributed by atoms with E-state index in [4.69, 9.17) is 10.5 Å². The summed E-state index contributed by atoms with van der Waals surface area (Å²) in [6.45, 7) is 1.85. The molecule has 1 aromatic carbocycles. The first-order chi connectivity index (χ1) is 8.08. The summed E-state index contributed by atoms with van der Waals surface area (Å²) >= 11 is 3.07. The first kappa shape index (κ1) is 11.9. The lowest BCUT2D eigenvalue weighted by molar-refractivity contribution is 0.460. The van der Waals surface area contributed by atoms with Gasteiger partial charge in [0.2, 0.25) is 5.88 Å². The molecule has 0 bridgehead atoms. The molecule has 0 unspecified atom stereocenters. The highest BCUT2D eigenvalue weighted by molar-refractivity contribution is 9.10. The van der Waals surface area contributed by atoms with E-state index in [1.165, 1.54) is 6.07 Å². The predicted octanol–water partition coefficient (Wildman–Crippen LogP) is 3.67. The molecule has 2 aromatic rings. The number of benzene rings is 1. The van der Waals surface area contributed by atoms with Crippen molar-refractivity contribution >= 4 is 21.6 Å². The van der Waals surface area contributed by atoms with Crippen molar-refractivity contribution in [3.05, 3.63) is 46.3 Å². The molecule has 2 rings (SSSR count). The molecule has 5 heteroatoms. The van der Waals surface area contributed by atoms with Crippen LogP contribution in [0.1, 0.15) is 5.56 Å². The minimum Gasteiger partial charge on any atom is -0.437 e. The van der Waals surface area contributed by atoms with Gasteiger partial charge in [-0.1, -0.05) is 0 Å². The summed E-state index contributed by atoms with van der Waals surface area (Å²) < 4.78 is 19.1. The maximum atomic E-state index is 13.3. The Balaban J connectivity index is 2.31. The SMILES string of the molecule is Cc1ccnc(Oc2ccc(Br)c(F)c2)c1N.